The first-order valence-electron chi connectivity index (χ1n) is 7.09. The minimum atomic E-state index is -5.13. The highest BCUT2D eigenvalue weighted by atomic mass is 32.2. The monoisotopic (exact) mass is 422 g/mol. The smallest absolute Gasteiger partial charge is 0.363 e. The molecule has 1 aliphatic rings. The van der Waals surface area contributed by atoms with Gasteiger partial charge in [0, 0.05) is 0 Å². The third-order valence-electron chi connectivity index (χ3n) is 3.68. The lowest BCUT2D eigenvalue weighted by Crippen LogP contribution is -2.74. The molecule has 12 nitrogen and oxygen atoms in total. The number of carbonyl (C=O) groups excluding carboxylic acids is 3. The van der Waals surface area contributed by atoms with Gasteiger partial charge in [-0.1, -0.05) is 30.3 Å². The van der Waals surface area contributed by atoms with Gasteiger partial charge in [-0.2, -0.15) is 21.1 Å². The molecule has 1 fully saturated rings. The van der Waals surface area contributed by atoms with Gasteiger partial charge < -0.3 is 10.1 Å². The normalized spacial score (nSPS) is 21.1. The number of amides is 2. The van der Waals surface area contributed by atoms with Crippen LogP contribution in [0.25, 0.3) is 0 Å². The zero-order chi connectivity index (χ0) is 20.6. The zero-order valence-corrected chi connectivity index (χ0v) is 15.2. The van der Waals surface area contributed by atoms with Gasteiger partial charge in [0.05, 0.1) is 7.11 Å². The van der Waals surface area contributed by atoms with Crippen LogP contribution in [0.4, 0.5) is 0 Å². The van der Waals surface area contributed by atoms with E-state index in [1.807, 2.05) is 5.32 Å². The molecule has 0 radical (unpaired) electrons. The quantitative estimate of drug-likeness (QED) is 0.271. The topological polar surface area (TPSA) is 184 Å². The molecule has 2 rings (SSSR count). The molecule has 148 valence electrons. The number of hydrogen-bond donors (Lipinski definition) is 3. The van der Waals surface area contributed by atoms with E-state index in [0.717, 1.165) is 7.11 Å². The molecule has 0 bridgehead atoms. The van der Waals surface area contributed by atoms with E-state index in [1.165, 1.54) is 30.3 Å². The SMILES string of the molecule is COC(=O)[C@H]1[C@@H](NC(=O)C(c2ccccc2)S(=O)(=O)O)C(=O)N1S(=O)(=O)O. The summed E-state index contributed by atoms with van der Waals surface area (Å²) in [5.41, 5.74) is -0.134. The number of nitrogens with zero attached hydrogens (tertiary/aromatic N) is 1. The molecule has 27 heavy (non-hydrogen) atoms. The van der Waals surface area contributed by atoms with E-state index in [2.05, 4.69) is 4.74 Å². The number of nitrogens with one attached hydrogen (secondary N) is 1. The van der Waals surface area contributed by atoms with Crippen LogP contribution in [0.15, 0.2) is 30.3 Å². The van der Waals surface area contributed by atoms with Gasteiger partial charge in [-0.05, 0) is 5.56 Å². The standard InChI is InChI=1S/C13H14N2O10S2/c1-25-13(18)9-8(12(17)15(9)27(22,23)24)14-11(16)10(26(19,20)21)7-5-3-2-4-6-7/h2-6,8-10H,1H3,(H,14,16)(H,19,20,21)(H,22,23,24)/t8-,9-,10?/m1/s1. The van der Waals surface area contributed by atoms with Crippen molar-refractivity contribution in [3.63, 3.8) is 0 Å². The molecule has 14 heteroatoms. The van der Waals surface area contributed by atoms with Crippen molar-refractivity contribution in [3.8, 4) is 0 Å². The fourth-order valence-electron chi connectivity index (χ4n) is 2.53. The predicted molar refractivity (Wildman–Crippen MR) is 86.9 cm³/mol. The summed E-state index contributed by atoms with van der Waals surface area (Å²) in [4.78, 5) is 36.0. The van der Waals surface area contributed by atoms with E-state index in [1.54, 1.807) is 0 Å². The molecule has 1 aromatic carbocycles. The Morgan fingerprint density at radius 2 is 1.70 bits per heavy atom. The van der Waals surface area contributed by atoms with Gasteiger partial charge in [-0.15, -0.1) is 0 Å². The maximum absolute atomic E-state index is 12.4. The van der Waals surface area contributed by atoms with Gasteiger partial charge in [-0.25, -0.2) is 4.79 Å². The Labute approximate surface area is 153 Å². The Morgan fingerprint density at radius 1 is 1.15 bits per heavy atom. The summed E-state index contributed by atoms with van der Waals surface area (Å²) in [6, 6.07) is 3.01. The first kappa shape index (κ1) is 20.8. The molecule has 1 saturated heterocycles. The van der Waals surface area contributed by atoms with E-state index in [4.69, 9.17) is 4.55 Å². The van der Waals surface area contributed by atoms with Crippen LogP contribution in [0.1, 0.15) is 10.8 Å². The maximum atomic E-state index is 12.4. The van der Waals surface area contributed by atoms with Crippen LogP contribution in [0.3, 0.4) is 0 Å². The van der Waals surface area contributed by atoms with Crippen molar-refractivity contribution < 1.29 is 45.1 Å². The van der Waals surface area contributed by atoms with Crippen LogP contribution in [-0.4, -0.2) is 67.2 Å². The molecule has 1 heterocycles. The van der Waals surface area contributed by atoms with E-state index in [0.29, 0.717) is 0 Å². The molecular weight excluding hydrogens is 408 g/mol. The number of ether oxygens (including phenoxy) is 1. The summed E-state index contributed by atoms with van der Waals surface area (Å²) < 4.78 is 68.1. The summed E-state index contributed by atoms with van der Waals surface area (Å²) in [5, 5.41) is -0.242. The molecular formula is C13H14N2O10S2. The summed E-state index contributed by atoms with van der Waals surface area (Å²) in [5.74, 6) is -4.05. The minimum Gasteiger partial charge on any atom is -0.467 e. The first-order valence-corrected chi connectivity index (χ1v) is 9.99. The Kier molecular flexibility index (Phi) is 5.55. The fraction of sp³-hybridized carbons (Fsp3) is 0.308. The van der Waals surface area contributed by atoms with Crippen molar-refractivity contribution in [1.29, 1.82) is 0 Å². The first-order chi connectivity index (χ1) is 12.4. The van der Waals surface area contributed by atoms with Crippen molar-refractivity contribution in [2.75, 3.05) is 7.11 Å². The molecule has 0 aromatic heterocycles. The second-order valence-electron chi connectivity index (χ2n) is 5.37. The Bertz CT molecular complexity index is 974. The van der Waals surface area contributed by atoms with Crippen LogP contribution < -0.4 is 5.32 Å². The number of benzene rings is 1. The molecule has 1 unspecified atom stereocenters. The number of hydrogen-bond acceptors (Lipinski definition) is 8. The number of β-lactam (4-membered cyclic amide) rings is 1. The van der Waals surface area contributed by atoms with Gasteiger partial charge in [0.2, 0.25) is 5.91 Å². The molecule has 0 saturated carbocycles. The number of carbonyl (C=O) groups is 3. The fourth-order valence-corrected chi connectivity index (χ4v) is 4.20. The minimum absolute atomic E-state index is 0.134. The van der Waals surface area contributed by atoms with Crippen molar-refractivity contribution in [2.24, 2.45) is 0 Å². The van der Waals surface area contributed by atoms with Crippen molar-refractivity contribution in [2.45, 2.75) is 17.3 Å². The van der Waals surface area contributed by atoms with E-state index in [-0.39, 0.29) is 9.87 Å². The van der Waals surface area contributed by atoms with E-state index < -0.39 is 55.5 Å². The Balaban J connectivity index is 2.34. The summed E-state index contributed by atoms with van der Waals surface area (Å²) in [7, 11) is -9.22. The lowest BCUT2D eigenvalue weighted by Gasteiger charge is -2.42. The number of esters is 1. The summed E-state index contributed by atoms with van der Waals surface area (Å²) >= 11 is 0. The van der Waals surface area contributed by atoms with E-state index in [9.17, 15) is 35.8 Å². The summed E-state index contributed by atoms with van der Waals surface area (Å²) in [6.07, 6.45) is 0. The Morgan fingerprint density at radius 3 is 2.15 bits per heavy atom. The lowest BCUT2D eigenvalue weighted by atomic mass is 9.98. The largest absolute Gasteiger partial charge is 0.467 e. The number of methoxy groups -OCH3 is 1. The molecule has 2 amide bonds. The molecule has 0 aliphatic carbocycles. The average molecular weight is 422 g/mol. The Hall–Kier alpha value is -2.55. The predicted octanol–water partition coefficient (Wildman–Crippen LogP) is -1.71. The lowest BCUT2D eigenvalue weighted by molar-refractivity contribution is -0.162. The third-order valence-corrected chi connectivity index (χ3v) is 5.67. The average Bonchev–Trinajstić information content (AvgIpc) is 2.55. The van der Waals surface area contributed by atoms with Crippen LogP contribution >= 0.6 is 0 Å². The van der Waals surface area contributed by atoms with Gasteiger partial charge in [0.25, 0.3) is 16.0 Å². The van der Waals surface area contributed by atoms with Crippen LogP contribution in [0, 0.1) is 0 Å². The summed E-state index contributed by atoms with van der Waals surface area (Å²) in [6.45, 7) is 0. The molecule has 1 aromatic rings. The molecule has 0 spiro atoms. The van der Waals surface area contributed by atoms with Crippen LogP contribution in [0.2, 0.25) is 0 Å². The second-order valence-corrected chi connectivity index (χ2v) is 8.16. The van der Waals surface area contributed by atoms with Crippen LogP contribution in [0.5, 0.6) is 0 Å². The van der Waals surface area contributed by atoms with Crippen molar-refractivity contribution >= 4 is 38.2 Å². The van der Waals surface area contributed by atoms with Gasteiger partial charge >= 0.3 is 16.3 Å². The molecule has 3 N–H and O–H groups in total. The zero-order valence-electron chi connectivity index (χ0n) is 13.5. The van der Waals surface area contributed by atoms with Gasteiger partial charge in [-0.3, -0.25) is 18.7 Å². The van der Waals surface area contributed by atoms with Crippen molar-refractivity contribution in [1.82, 2.24) is 9.62 Å². The molecule has 1 aliphatic heterocycles. The van der Waals surface area contributed by atoms with Crippen LogP contribution in [-0.2, 0) is 39.5 Å². The van der Waals surface area contributed by atoms with Gasteiger partial charge in [0.15, 0.2) is 11.3 Å². The van der Waals surface area contributed by atoms with E-state index >= 15 is 0 Å². The molecule has 3 atom stereocenters. The van der Waals surface area contributed by atoms with Crippen molar-refractivity contribution in [3.05, 3.63) is 35.9 Å². The highest BCUT2D eigenvalue weighted by Gasteiger charge is 2.59. The highest BCUT2D eigenvalue weighted by Crippen LogP contribution is 2.27. The highest BCUT2D eigenvalue weighted by molar-refractivity contribution is 7.86. The maximum Gasteiger partial charge on any atom is 0.363 e. The third kappa shape index (κ3) is 4.08. The second kappa shape index (κ2) is 7.22. The van der Waals surface area contributed by atoms with Gasteiger partial charge in [0.1, 0.15) is 6.04 Å². The number of rotatable bonds is 6.